The number of ether oxygens (including phenoxy) is 2. The van der Waals surface area contributed by atoms with Gasteiger partial charge in [-0.15, -0.1) is 0 Å². The zero-order valence-electron chi connectivity index (χ0n) is 11.4. The first-order chi connectivity index (χ1) is 10.0. The van der Waals surface area contributed by atoms with Gasteiger partial charge in [0, 0.05) is 11.6 Å². The van der Waals surface area contributed by atoms with Crippen molar-refractivity contribution in [2.75, 3.05) is 19.5 Å². The molecule has 0 spiro atoms. The highest BCUT2D eigenvalue weighted by Crippen LogP contribution is 2.29. The highest BCUT2D eigenvalue weighted by atomic mass is 35.5. The molecule has 0 heterocycles. The van der Waals surface area contributed by atoms with E-state index < -0.39 is 11.7 Å². The van der Waals surface area contributed by atoms with Gasteiger partial charge in [0.2, 0.25) is 0 Å². The van der Waals surface area contributed by atoms with E-state index in [-0.39, 0.29) is 10.6 Å². The number of benzene rings is 2. The molecule has 4 nitrogen and oxygen atoms in total. The topological polar surface area (TPSA) is 47.6 Å². The van der Waals surface area contributed by atoms with E-state index in [1.54, 1.807) is 18.2 Å². The Morgan fingerprint density at radius 3 is 2.52 bits per heavy atom. The van der Waals surface area contributed by atoms with Gasteiger partial charge in [-0.2, -0.15) is 0 Å². The third-order valence-corrected chi connectivity index (χ3v) is 3.13. The van der Waals surface area contributed by atoms with Gasteiger partial charge in [-0.1, -0.05) is 11.6 Å². The van der Waals surface area contributed by atoms with Gasteiger partial charge in [-0.25, -0.2) is 4.39 Å². The summed E-state index contributed by atoms with van der Waals surface area (Å²) in [6.45, 7) is 0. The van der Waals surface area contributed by atoms with E-state index in [1.165, 1.54) is 26.4 Å². The maximum Gasteiger partial charge on any atom is 0.255 e. The number of hydrogen-bond donors (Lipinski definition) is 1. The zero-order valence-corrected chi connectivity index (χ0v) is 12.2. The second kappa shape index (κ2) is 6.45. The Hall–Kier alpha value is -2.27. The normalized spacial score (nSPS) is 10.1. The predicted octanol–water partition coefficient (Wildman–Crippen LogP) is 3.75. The molecule has 0 radical (unpaired) electrons. The molecule has 0 unspecified atom stereocenters. The molecule has 0 fully saturated rings. The molecule has 0 saturated carbocycles. The first-order valence-electron chi connectivity index (χ1n) is 6.03. The molecular weight excluding hydrogens is 297 g/mol. The molecule has 1 amide bonds. The van der Waals surface area contributed by atoms with Crippen LogP contribution in [-0.4, -0.2) is 20.1 Å². The van der Waals surface area contributed by atoms with Gasteiger partial charge in [0.05, 0.1) is 24.9 Å². The highest BCUT2D eigenvalue weighted by molar-refractivity contribution is 6.31. The van der Waals surface area contributed by atoms with Crippen molar-refractivity contribution in [2.45, 2.75) is 0 Å². The van der Waals surface area contributed by atoms with Gasteiger partial charge >= 0.3 is 0 Å². The van der Waals surface area contributed by atoms with Crippen molar-refractivity contribution in [3.63, 3.8) is 0 Å². The SMILES string of the molecule is COc1ccc(NC(=O)c2ccc(F)c(Cl)c2)c(OC)c1. The monoisotopic (exact) mass is 309 g/mol. The van der Waals surface area contributed by atoms with Crippen LogP contribution in [0.1, 0.15) is 10.4 Å². The third kappa shape index (κ3) is 3.44. The zero-order chi connectivity index (χ0) is 15.4. The summed E-state index contributed by atoms with van der Waals surface area (Å²) in [5.41, 5.74) is 0.725. The Kier molecular flexibility index (Phi) is 4.65. The molecule has 0 bridgehead atoms. The average molecular weight is 310 g/mol. The highest BCUT2D eigenvalue weighted by Gasteiger charge is 2.12. The molecule has 110 valence electrons. The number of hydrogen-bond acceptors (Lipinski definition) is 3. The van der Waals surface area contributed by atoms with E-state index in [9.17, 15) is 9.18 Å². The van der Waals surface area contributed by atoms with Crippen LogP contribution in [0, 0.1) is 5.82 Å². The van der Waals surface area contributed by atoms with Crippen LogP contribution in [-0.2, 0) is 0 Å². The van der Waals surface area contributed by atoms with Crippen LogP contribution in [0.5, 0.6) is 11.5 Å². The molecule has 0 aliphatic rings. The molecule has 0 atom stereocenters. The summed E-state index contributed by atoms with van der Waals surface area (Å²) >= 11 is 5.66. The molecular formula is C15H13ClFNO3. The first-order valence-corrected chi connectivity index (χ1v) is 6.41. The van der Waals surface area contributed by atoms with Crippen molar-refractivity contribution in [3.8, 4) is 11.5 Å². The number of carbonyl (C=O) groups excluding carboxylic acids is 1. The third-order valence-electron chi connectivity index (χ3n) is 2.84. The largest absolute Gasteiger partial charge is 0.497 e. The summed E-state index contributed by atoms with van der Waals surface area (Å²) in [4.78, 5) is 12.1. The Balaban J connectivity index is 2.24. The lowest BCUT2D eigenvalue weighted by Gasteiger charge is -2.11. The summed E-state index contributed by atoms with van der Waals surface area (Å²) in [5, 5.41) is 2.57. The van der Waals surface area contributed by atoms with Crippen LogP contribution in [0.25, 0.3) is 0 Å². The molecule has 2 aromatic rings. The minimum absolute atomic E-state index is 0.107. The quantitative estimate of drug-likeness (QED) is 0.935. The fraction of sp³-hybridized carbons (Fsp3) is 0.133. The molecule has 6 heteroatoms. The summed E-state index contributed by atoms with van der Waals surface area (Å²) in [7, 11) is 3.02. The van der Waals surface area contributed by atoms with E-state index >= 15 is 0 Å². The van der Waals surface area contributed by atoms with Crippen molar-refractivity contribution in [1.82, 2.24) is 0 Å². The van der Waals surface area contributed by atoms with Crippen molar-refractivity contribution >= 4 is 23.2 Å². The fourth-order valence-corrected chi connectivity index (χ4v) is 1.91. The standard InChI is InChI=1S/C15H13ClFNO3/c1-20-10-4-6-13(14(8-10)21-2)18-15(19)9-3-5-12(17)11(16)7-9/h3-8H,1-2H3,(H,18,19). The van der Waals surface area contributed by atoms with Gasteiger partial charge in [-0.3, -0.25) is 4.79 Å². The number of amides is 1. The number of nitrogens with one attached hydrogen (secondary N) is 1. The van der Waals surface area contributed by atoms with E-state index in [4.69, 9.17) is 21.1 Å². The molecule has 0 aliphatic heterocycles. The van der Waals surface area contributed by atoms with Gasteiger partial charge in [-0.05, 0) is 30.3 Å². The Labute approximate surface area is 126 Å². The minimum atomic E-state index is -0.574. The smallest absolute Gasteiger partial charge is 0.255 e. The van der Waals surface area contributed by atoms with E-state index in [0.29, 0.717) is 17.2 Å². The van der Waals surface area contributed by atoms with Gasteiger partial charge in [0.1, 0.15) is 17.3 Å². The Bertz CT molecular complexity index is 676. The van der Waals surface area contributed by atoms with Gasteiger partial charge in [0.15, 0.2) is 0 Å². The van der Waals surface area contributed by atoms with Crippen LogP contribution in [0.3, 0.4) is 0 Å². The second-order valence-electron chi connectivity index (χ2n) is 4.15. The predicted molar refractivity (Wildman–Crippen MR) is 78.9 cm³/mol. The van der Waals surface area contributed by atoms with Crippen molar-refractivity contribution in [1.29, 1.82) is 0 Å². The average Bonchev–Trinajstić information content (AvgIpc) is 2.50. The fourth-order valence-electron chi connectivity index (χ4n) is 1.73. The lowest BCUT2D eigenvalue weighted by Crippen LogP contribution is -2.12. The van der Waals surface area contributed by atoms with Crippen LogP contribution in [0.4, 0.5) is 10.1 Å². The molecule has 2 rings (SSSR count). The summed E-state index contributed by atoms with van der Waals surface area (Å²) in [5.74, 6) is 0.0706. The maximum absolute atomic E-state index is 13.1. The van der Waals surface area contributed by atoms with E-state index in [0.717, 1.165) is 6.07 Å². The van der Waals surface area contributed by atoms with E-state index in [2.05, 4.69) is 5.32 Å². The van der Waals surface area contributed by atoms with Gasteiger partial charge < -0.3 is 14.8 Å². The van der Waals surface area contributed by atoms with Crippen LogP contribution in [0.15, 0.2) is 36.4 Å². The summed E-state index contributed by atoms with van der Waals surface area (Å²) < 4.78 is 23.4. The van der Waals surface area contributed by atoms with Crippen LogP contribution in [0.2, 0.25) is 5.02 Å². The molecule has 0 aromatic heterocycles. The lowest BCUT2D eigenvalue weighted by molar-refractivity contribution is 0.102. The number of rotatable bonds is 4. The van der Waals surface area contributed by atoms with Crippen LogP contribution >= 0.6 is 11.6 Å². The first kappa shape index (κ1) is 15.1. The van der Waals surface area contributed by atoms with E-state index in [1.807, 2.05) is 0 Å². The number of methoxy groups -OCH3 is 2. The molecule has 0 saturated heterocycles. The molecule has 1 N–H and O–H groups in total. The lowest BCUT2D eigenvalue weighted by atomic mass is 10.2. The number of halogens is 2. The molecule has 2 aromatic carbocycles. The molecule has 0 aliphatic carbocycles. The summed E-state index contributed by atoms with van der Waals surface area (Å²) in [6, 6.07) is 8.75. The minimum Gasteiger partial charge on any atom is -0.497 e. The van der Waals surface area contributed by atoms with Crippen molar-refractivity contribution < 1.29 is 18.7 Å². The van der Waals surface area contributed by atoms with Crippen molar-refractivity contribution in [2.24, 2.45) is 0 Å². The number of carbonyl (C=O) groups is 1. The second-order valence-corrected chi connectivity index (χ2v) is 4.56. The summed E-state index contributed by atoms with van der Waals surface area (Å²) in [6.07, 6.45) is 0. The Morgan fingerprint density at radius 2 is 1.90 bits per heavy atom. The molecule has 21 heavy (non-hydrogen) atoms. The van der Waals surface area contributed by atoms with Crippen molar-refractivity contribution in [3.05, 3.63) is 52.8 Å². The number of anilines is 1. The van der Waals surface area contributed by atoms with Crippen LogP contribution < -0.4 is 14.8 Å². The van der Waals surface area contributed by atoms with Gasteiger partial charge in [0.25, 0.3) is 5.91 Å². The Morgan fingerprint density at radius 1 is 1.14 bits per heavy atom. The maximum atomic E-state index is 13.1.